The van der Waals surface area contributed by atoms with Gasteiger partial charge in [0, 0.05) is 5.33 Å². The number of aromatic carboxylic acids is 2. The Balaban J connectivity index is 3.06. The van der Waals surface area contributed by atoms with Crippen molar-refractivity contribution in [3.63, 3.8) is 0 Å². The van der Waals surface area contributed by atoms with Gasteiger partial charge in [-0.25, -0.2) is 14.4 Å². The van der Waals surface area contributed by atoms with Crippen molar-refractivity contribution in [3.8, 4) is 0 Å². The van der Waals surface area contributed by atoms with Crippen molar-refractivity contribution in [2.75, 3.05) is 11.9 Å². The molecule has 1 aromatic carbocycles. The van der Waals surface area contributed by atoms with Gasteiger partial charge in [0.1, 0.15) is 6.61 Å². The maximum absolute atomic E-state index is 11.9. The van der Waals surface area contributed by atoms with Crippen LogP contribution < -0.4 is 0 Å². The van der Waals surface area contributed by atoms with Crippen LogP contribution in [0.5, 0.6) is 0 Å². The summed E-state index contributed by atoms with van der Waals surface area (Å²) < 4.78 is 4.93. The third-order valence-corrected chi connectivity index (χ3v) is 4.52. The van der Waals surface area contributed by atoms with Gasteiger partial charge in [0.2, 0.25) is 0 Å². The first-order valence-corrected chi connectivity index (χ1v) is 7.38. The normalized spacial score (nSPS) is 11.7. The van der Waals surface area contributed by atoms with E-state index in [1.807, 2.05) is 0 Å². The molecule has 1 atom stereocenters. The van der Waals surface area contributed by atoms with Crippen LogP contribution in [0.15, 0.2) is 18.2 Å². The van der Waals surface area contributed by atoms with Crippen LogP contribution >= 0.6 is 31.9 Å². The van der Waals surface area contributed by atoms with E-state index < -0.39 is 17.9 Å². The van der Waals surface area contributed by atoms with Gasteiger partial charge in [0.15, 0.2) is 0 Å². The van der Waals surface area contributed by atoms with E-state index in [-0.39, 0.29) is 28.1 Å². The maximum Gasteiger partial charge on any atom is 0.339 e. The lowest BCUT2D eigenvalue weighted by molar-refractivity contribution is 0.0502. The molecule has 0 fully saturated rings. The largest absolute Gasteiger partial charge is 0.478 e. The van der Waals surface area contributed by atoms with Crippen molar-refractivity contribution >= 4 is 49.8 Å². The quantitative estimate of drug-likeness (QED) is 0.552. The Labute approximate surface area is 131 Å². The highest BCUT2D eigenvalue weighted by atomic mass is 79.9. The van der Waals surface area contributed by atoms with Gasteiger partial charge in [-0.1, -0.05) is 31.9 Å². The number of carbonyl (C=O) groups excluding carboxylic acids is 1. The molecule has 0 aliphatic rings. The fourth-order valence-electron chi connectivity index (χ4n) is 1.32. The minimum atomic E-state index is -1.33. The lowest BCUT2D eigenvalue weighted by atomic mass is 10.0. The van der Waals surface area contributed by atoms with Gasteiger partial charge in [-0.3, -0.25) is 0 Å². The average Bonchev–Trinajstić information content (AvgIpc) is 2.43. The first-order chi connectivity index (χ1) is 9.36. The first-order valence-electron chi connectivity index (χ1n) is 5.34. The van der Waals surface area contributed by atoms with Crippen LogP contribution in [0.1, 0.15) is 31.1 Å². The third kappa shape index (κ3) is 4.31. The molecule has 0 saturated carbocycles. The molecule has 8 heteroatoms. The lowest BCUT2D eigenvalue weighted by Crippen LogP contribution is -2.18. The minimum absolute atomic E-state index is 0.0282. The molecule has 108 valence electrons. The summed E-state index contributed by atoms with van der Waals surface area (Å²) in [6.07, 6.45) is 0. The van der Waals surface area contributed by atoms with Crippen molar-refractivity contribution in [2.45, 2.75) is 4.83 Å². The van der Waals surface area contributed by atoms with Crippen molar-refractivity contribution in [2.24, 2.45) is 0 Å². The summed E-state index contributed by atoms with van der Waals surface area (Å²) in [6, 6.07) is 3.18. The molecular formula is C12H10Br2O6. The van der Waals surface area contributed by atoms with Gasteiger partial charge in [0.25, 0.3) is 0 Å². The summed E-state index contributed by atoms with van der Waals surface area (Å²) in [5, 5.41) is 18.4. The van der Waals surface area contributed by atoms with E-state index in [1.54, 1.807) is 0 Å². The third-order valence-electron chi connectivity index (χ3n) is 2.28. The Bertz CT molecular complexity index is 543. The Morgan fingerprint density at radius 1 is 1.15 bits per heavy atom. The van der Waals surface area contributed by atoms with Crippen LogP contribution in [0.25, 0.3) is 0 Å². The second kappa shape index (κ2) is 7.39. The molecule has 6 nitrogen and oxygen atoms in total. The van der Waals surface area contributed by atoms with Crippen LogP contribution in [0.2, 0.25) is 0 Å². The summed E-state index contributed by atoms with van der Waals surface area (Å²) in [5.41, 5.74) is -0.769. The topological polar surface area (TPSA) is 101 Å². The molecule has 0 aliphatic heterocycles. The zero-order chi connectivity index (χ0) is 15.3. The van der Waals surface area contributed by atoms with E-state index in [0.29, 0.717) is 5.33 Å². The van der Waals surface area contributed by atoms with E-state index >= 15 is 0 Å². The maximum atomic E-state index is 11.9. The molecule has 1 rings (SSSR count). The van der Waals surface area contributed by atoms with Crippen molar-refractivity contribution in [1.29, 1.82) is 0 Å². The molecule has 0 saturated heterocycles. The number of carboxylic acid groups (broad SMARTS) is 2. The Morgan fingerprint density at radius 2 is 1.80 bits per heavy atom. The number of benzene rings is 1. The van der Waals surface area contributed by atoms with Gasteiger partial charge >= 0.3 is 17.9 Å². The molecule has 0 aliphatic carbocycles. The van der Waals surface area contributed by atoms with Crippen molar-refractivity contribution in [3.05, 3.63) is 34.9 Å². The molecule has 0 spiro atoms. The van der Waals surface area contributed by atoms with Crippen LogP contribution in [0.3, 0.4) is 0 Å². The number of hydrogen-bond donors (Lipinski definition) is 2. The molecular weight excluding hydrogens is 400 g/mol. The highest BCUT2D eigenvalue weighted by Crippen LogP contribution is 2.15. The monoisotopic (exact) mass is 408 g/mol. The van der Waals surface area contributed by atoms with E-state index in [1.165, 1.54) is 0 Å². The minimum Gasteiger partial charge on any atom is -0.478 e. The molecule has 0 amide bonds. The standard InChI is InChI=1S/C12H10Br2O6/c13-4-7(14)5-20-12(19)9-3-6(10(15)16)1-2-8(9)11(17)18/h1-3,7H,4-5H2,(H,15,16)(H,17,18). The zero-order valence-electron chi connectivity index (χ0n) is 10.0. The van der Waals surface area contributed by atoms with E-state index in [9.17, 15) is 14.4 Å². The number of halogens is 2. The van der Waals surface area contributed by atoms with Crippen LogP contribution in [0.4, 0.5) is 0 Å². The predicted molar refractivity (Wildman–Crippen MR) is 77.2 cm³/mol. The molecule has 0 radical (unpaired) electrons. The summed E-state index contributed by atoms with van der Waals surface area (Å²) in [7, 11) is 0. The van der Waals surface area contributed by atoms with E-state index in [2.05, 4.69) is 31.9 Å². The summed E-state index contributed by atoms with van der Waals surface area (Å²) in [6.45, 7) is 0.0282. The Hall–Kier alpha value is -1.41. The second-order valence-corrected chi connectivity index (χ2v) is 5.66. The molecule has 2 N–H and O–H groups in total. The average molecular weight is 410 g/mol. The van der Waals surface area contributed by atoms with E-state index in [4.69, 9.17) is 14.9 Å². The molecule has 0 aromatic heterocycles. The van der Waals surface area contributed by atoms with Gasteiger partial charge in [-0.15, -0.1) is 0 Å². The molecule has 1 aromatic rings. The SMILES string of the molecule is O=C(O)c1ccc(C(=O)O)c(C(=O)OCC(Br)CBr)c1. The highest BCUT2D eigenvalue weighted by molar-refractivity contribution is 9.12. The zero-order valence-corrected chi connectivity index (χ0v) is 13.2. The van der Waals surface area contributed by atoms with Crippen molar-refractivity contribution < 1.29 is 29.3 Å². The summed E-state index contributed by atoms with van der Waals surface area (Å²) in [5.74, 6) is -3.46. The number of alkyl halides is 2. The second-order valence-electron chi connectivity index (χ2n) is 3.72. The van der Waals surface area contributed by atoms with E-state index in [0.717, 1.165) is 18.2 Å². The van der Waals surface area contributed by atoms with Gasteiger partial charge < -0.3 is 14.9 Å². The summed E-state index contributed by atoms with van der Waals surface area (Å²) in [4.78, 5) is 33.6. The number of carbonyl (C=O) groups is 3. The van der Waals surface area contributed by atoms with Gasteiger partial charge in [0.05, 0.1) is 21.5 Å². The Morgan fingerprint density at radius 3 is 2.30 bits per heavy atom. The number of rotatable bonds is 6. The number of esters is 1. The summed E-state index contributed by atoms with van der Waals surface area (Å²) >= 11 is 6.41. The van der Waals surface area contributed by atoms with Crippen LogP contribution in [0, 0.1) is 0 Å². The fourth-order valence-corrected chi connectivity index (χ4v) is 1.64. The lowest BCUT2D eigenvalue weighted by Gasteiger charge is -2.10. The smallest absolute Gasteiger partial charge is 0.339 e. The molecule has 0 bridgehead atoms. The van der Waals surface area contributed by atoms with Crippen LogP contribution in [-0.2, 0) is 4.74 Å². The number of ether oxygens (including phenoxy) is 1. The molecule has 20 heavy (non-hydrogen) atoms. The van der Waals surface area contributed by atoms with Gasteiger partial charge in [-0.2, -0.15) is 0 Å². The number of hydrogen-bond acceptors (Lipinski definition) is 4. The van der Waals surface area contributed by atoms with Gasteiger partial charge in [-0.05, 0) is 18.2 Å². The fraction of sp³-hybridized carbons (Fsp3) is 0.250. The predicted octanol–water partition coefficient (Wildman–Crippen LogP) is 2.40. The van der Waals surface area contributed by atoms with Crippen molar-refractivity contribution in [1.82, 2.24) is 0 Å². The first kappa shape index (κ1) is 16.6. The van der Waals surface area contributed by atoms with Crippen LogP contribution in [-0.4, -0.2) is 44.9 Å². The Kier molecular flexibility index (Phi) is 6.15. The number of carboxylic acids is 2. The molecule has 1 unspecified atom stereocenters. The highest BCUT2D eigenvalue weighted by Gasteiger charge is 2.20. The molecule has 0 heterocycles.